The maximum atomic E-state index is 12.7. The van der Waals surface area contributed by atoms with Crippen molar-refractivity contribution in [3.63, 3.8) is 0 Å². The summed E-state index contributed by atoms with van der Waals surface area (Å²) in [6.07, 6.45) is 5.72. The predicted octanol–water partition coefficient (Wildman–Crippen LogP) is 1.65. The van der Waals surface area contributed by atoms with Crippen LogP contribution in [0.15, 0.2) is 18.5 Å². The molecule has 0 aliphatic heterocycles. The van der Waals surface area contributed by atoms with E-state index in [1.807, 2.05) is 18.7 Å². The van der Waals surface area contributed by atoms with E-state index in [1.54, 1.807) is 18.5 Å². The summed E-state index contributed by atoms with van der Waals surface area (Å²) >= 11 is 0. The van der Waals surface area contributed by atoms with E-state index in [-0.39, 0.29) is 18.5 Å². The molecule has 20 heavy (non-hydrogen) atoms. The molecule has 1 fully saturated rings. The Bertz CT molecular complexity index is 538. The van der Waals surface area contributed by atoms with Crippen molar-refractivity contribution in [3.8, 4) is 11.8 Å². The molecule has 1 aromatic heterocycles. The molecule has 0 saturated heterocycles. The molecule has 2 rings (SSSR count). The zero-order valence-corrected chi connectivity index (χ0v) is 12.1. The lowest BCUT2D eigenvalue weighted by molar-refractivity contribution is 0.0696. The van der Waals surface area contributed by atoms with Crippen LogP contribution in [0.3, 0.4) is 0 Å². The van der Waals surface area contributed by atoms with Crippen LogP contribution in [-0.2, 0) is 0 Å². The molecule has 1 amide bonds. The summed E-state index contributed by atoms with van der Waals surface area (Å²) in [4.78, 5) is 18.7. The molecule has 1 saturated carbocycles. The standard InChI is InChI=1S/C16H21N3O/c1-12(2)19(11-13-5-6-13)16(20)15-7-9-18-10-14(15)4-3-8-17/h7,9-10,12-13H,5-6,8,11,17H2,1-2H3. The number of amides is 1. The monoisotopic (exact) mass is 271 g/mol. The third-order valence-corrected chi connectivity index (χ3v) is 3.41. The van der Waals surface area contributed by atoms with Gasteiger partial charge in [-0.15, -0.1) is 0 Å². The summed E-state index contributed by atoms with van der Waals surface area (Å²) in [7, 11) is 0. The van der Waals surface area contributed by atoms with Gasteiger partial charge < -0.3 is 10.6 Å². The molecular formula is C16H21N3O. The number of nitrogens with two attached hydrogens (primary N) is 1. The summed E-state index contributed by atoms with van der Waals surface area (Å²) < 4.78 is 0. The molecule has 1 heterocycles. The quantitative estimate of drug-likeness (QED) is 0.847. The summed E-state index contributed by atoms with van der Waals surface area (Å²) in [6, 6.07) is 1.93. The first-order valence-corrected chi connectivity index (χ1v) is 7.07. The van der Waals surface area contributed by atoms with Crippen LogP contribution in [0.25, 0.3) is 0 Å². The zero-order chi connectivity index (χ0) is 14.5. The molecular weight excluding hydrogens is 250 g/mol. The first-order valence-electron chi connectivity index (χ1n) is 7.07. The minimum atomic E-state index is 0.0376. The van der Waals surface area contributed by atoms with Crippen molar-refractivity contribution in [2.75, 3.05) is 13.1 Å². The van der Waals surface area contributed by atoms with Crippen LogP contribution in [0.5, 0.6) is 0 Å². The van der Waals surface area contributed by atoms with Gasteiger partial charge in [0.2, 0.25) is 0 Å². The van der Waals surface area contributed by atoms with Crippen molar-refractivity contribution in [2.24, 2.45) is 11.7 Å². The average Bonchev–Trinajstić information content (AvgIpc) is 3.26. The van der Waals surface area contributed by atoms with E-state index in [1.165, 1.54) is 12.8 Å². The fourth-order valence-electron chi connectivity index (χ4n) is 2.09. The molecule has 0 spiro atoms. The average molecular weight is 271 g/mol. The number of hydrogen-bond acceptors (Lipinski definition) is 3. The Morgan fingerprint density at radius 1 is 1.55 bits per heavy atom. The molecule has 106 valence electrons. The molecule has 0 atom stereocenters. The van der Waals surface area contributed by atoms with Gasteiger partial charge in [0.05, 0.1) is 17.7 Å². The lowest BCUT2D eigenvalue weighted by atomic mass is 10.1. The summed E-state index contributed by atoms with van der Waals surface area (Å²) in [5.41, 5.74) is 6.67. The van der Waals surface area contributed by atoms with Crippen molar-refractivity contribution in [1.82, 2.24) is 9.88 Å². The third kappa shape index (κ3) is 3.58. The van der Waals surface area contributed by atoms with E-state index in [4.69, 9.17) is 5.73 Å². The Morgan fingerprint density at radius 3 is 2.90 bits per heavy atom. The molecule has 4 nitrogen and oxygen atoms in total. The Labute approximate surface area is 120 Å². The lowest BCUT2D eigenvalue weighted by Gasteiger charge is -2.27. The Morgan fingerprint density at radius 2 is 2.30 bits per heavy atom. The van der Waals surface area contributed by atoms with Gasteiger partial charge in [0.1, 0.15) is 0 Å². The highest BCUT2D eigenvalue weighted by atomic mass is 16.2. The van der Waals surface area contributed by atoms with Crippen LogP contribution in [-0.4, -0.2) is 34.9 Å². The van der Waals surface area contributed by atoms with Gasteiger partial charge in [0, 0.05) is 25.0 Å². The summed E-state index contributed by atoms with van der Waals surface area (Å²) in [5.74, 6) is 6.43. The minimum absolute atomic E-state index is 0.0376. The van der Waals surface area contributed by atoms with Gasteiger partial charge in [-0.1, -0.05) is 11.8 Å². The smallest absolute Gasteiger partial charge is 0.255 e. The van der Waals surface area contributed by atoms with E-state index in [0.717, 1.165) is 6.54 Å². The first-order chi connectivity index (χ1) is 9.63. The van der Waals surface area contributed by atoms with Gasteiger partial charge in [-0.25, -0.2) is 0 Å². The lowest BCUT2D eigenvalue weighted by Crippen LogP contribution is -2.38. The van der Waals surface area contributed by atoms with Gasteiger partial charge >= 0.3 is 0 Å². The topological polar surface area (TPSA) is 59.2 Å². The number of carbonyl (C=O) groups excluding carboxylic acids is 1. The third-order valence-electron chi connectivity index (χ3n) is 3.41. The molecule has 0 radical (unpaired) electrons. The Balaban J connectivity index is 2.25. The van der Waals surface area contributed by atoms with E-state index in [0.29, 0.717) is 17.0 Å². The van der Waals surface area contributed by atoms with E-state index in [2.05, 4.69) is 16.8 Å². The van der Waals surface area contributed by atoms with Crippen LogP contribution < -0.4 is 5.73 Å². The van der Waals surface area contributed by atoms with Crippen molar-refractivity contribution < 1.29 is 4.79 Å². The van der Waals surface area contributed by atoms with Gasteiger partial charge in [-0.05, 0) is 38.7 Å². The van der Waals surface area contributed by atoms with E-state index >= 15 is 0 Å². The molecule has 0 unspecified atom stereocenters. The largest absolute Gasteiger partial charge is 0.336 e. The van der Waals surface area contributed by atoms with Crippen LogP contribution in [0, 0.1) is 17.8 Å². The molecule has 0 aromatic carbocycles. The zero-order valence-electron chi connectivity index (χ0n) is 12.1. The van der Waals surface area contributed by atoms with Gasteiger partial charge in [-0.2, -0.15) is 0 Å². The van der Waals surface area contributed by atoms with E-state index < -0.39 is 0 Å². The second-order valence-corrected chi connectivity index (χ2v) is 5.42. The summed E-state index contributed by atoms with van der Waals surface area (Å²) in [6.45, 7) is 5.21. The normalized spacial score (nSPS) is 13.8. The maximum absolute atomic E-state index is 12.7. The Hall–Kier alpha value is -1.86. The highest BCUT2D eigenvalue weighted by Crippen LogP contribution is 2.31. The number of hydrogen-bond donors (Lipinski definition) is 1. The minimum Gasteiger partial charge on any atom is -0.336 e. The number of aromatic nitrogens is 1. The van der Waals surface area contributed by atoms with Crippen molar-refractivity contribution in [1.29, 1.82) is 0 Å². The second kappa shape index (κ2) is 6.53. The van der Waals surface area contributed by atoms with E-state index in [9.17, 15) is 4.79 Å². The molecule has 1 aromatic rings. The predicted molar refractivity (Wildman–Crippen MR) is 79.1 cm³/mol. The highest BCUT2D eigenvalue weighted by molar-refractivity contribution is 5.96. The SMILES string of the molecule is CC(C)N(CC1CC1)C(=O)c1ccncc1C#CCN. The summed E-state index contributed by atoms with van der Waals surface area (Å²) in [5, 5.41) is 0. The van der Waals surface area contributed by atoms with Crippen LogP contribution in [0.1, 0.15) is 42.6 Å². The fourth-order valence-corrected chi connectivity index (χ4v) is 2.09. The van der Waals surface area contributed by atoms with Crippen LogP contribution in [0.4, 0.5) is 0 Å². The molecule has 4 heteroatoms. The molecule has 1 aliphatic carbocycles. The number of carbonyl (C=O) groups is 1. The maximum Gasteiger partial charge on any atom is 0.255 e. The van der Waals surface area contributed by atoms with Crippen molar-refractivity contribution in [3.05, 3.63) is 29.6 Å². The number of nitrogens with zero attached hydrogens (tertiary/aromatic N) is 2. The van der Waals surface area contributed by atoms with Crippen molar-refractivity contribution >= 4 is 5.91 Å². The van der Waals surface area contributed by atoms with Crippen LogP contribution in [0.2, 0.25) is 0 Å². The second-order valence-electron chi connectivity index (χ2n) is 5.42. The molecule has 1 aliphatic rings. The molecule has 0 bridgehead atoms. The van der Waals surface area contributed by atoms with Gasteiger partial charge in [0.25, 0.3) is 5.91 Å². The Kier molecular flexibility index (Phi) is 4.75. The highest BCUT2D eigenvalue weighted by Gasteiger charge is 2.29. The van der Waals surface area contributed by atoms with Crippen molar-refractivity contribution in [2.45, 2.75) is 32.7 Å². The molecule has 2 N–H and O–H groups in total. The van der Waals surface area contributed by atoms with Crippen LogP contribution >= 0.6 is 0 Å². The first kappa shape index (κ1) is 14.5. The number of rotatable bonds is 4. The van der Waals surface area contributed by atoms with Gasteiger partial charge in [0.15, 0.2) is 0 Å². The fraction of sp³-hybridized carbons (Fsp3) is 0.500. The number of pyridine rings is 1. The van der Waals surface area contributed by atoms with Gasteiger partial charge in [-0.3, -0.25) is 9.78 Å².